The molecule has 0 amide bonds. The van der Waals surface area contributed by atoms with Gasteiger partial charge in [-0.3, -0.25) is 4.90 Å². The third-order valence-electron chi connectivity index (χ3n) is 5.06. The molecule has 0 N–H and O–H groups in total. The second-order valence-corrected chi connectivity index (χ2v) is 6.65. The first-order valence-corrected chi connectivity index (χ1v) is 8.95. The number of para-hydroxylation sites is 1. The van der Waals surface area contributed by atoms with Crippen molar-refractivity contribution in [2.24, 2.45) is 0 Å². The molecule has 23 heavy (non-hydrogen) atoms. The molecule has 4 nitrogen and oxygen atoms in total. The molecule has 1 aromatic carbocycles. The molecule has 1 unspecified atom stereocenters. The van der Waals surface area contributed by atoms with Gasteiger partial charge < -0.3 is 9.64 Å². The first kappa shape index (κ1) is 16.3. The van der Waals surface area contributed by atoms with Crippen molar-refractivity contribution in [3.63, 3.8) is 0 Å². The molecule has 2 heterocycles. The number of piperazine rings is 1. The highest BCUT2D eigenvalue weighted by atomic mass is 16.5. The van der Waals surface area contributed by atoms with E-state index < -0.39 is 0 Å². The van der Waals surface area contributed by atoms with Crippen molar-refractivity contribution in [3.8, 4) is 11.8 Å². The van der Waals surface area contributed by atoms with Crippen LogP contribution in [0.4, 0.5) is 0 Å². The maximum Gasteiger partial charge on any atom is 0.137 e. The van der Waals surface area contributed by atoms with Gasteiger partial charge in [0.25, 0.3) is 0 Å². The monoisotopic (exact) mass is 313 g/mol. The predicted molar refractivity (Wildman–Crippen MR) is 91.5 cm³/mol. The molecule has 0 saturated carbocycles. The summed E-state index contributed by atoms with van der Waals surface area (Å²) in [4.78, 5) is 5.30. The average Bonchev–Trinajstić information content (AvgIpc) is 2.61. The summed E-state index contributed by atoms with van der Waals surface area (Å²) in [5, 5.41) is 9.05. The van der Waals surface area contributed by atoms with Crippen LogP contribution < -0.4 is 4.74 Å². The largest absolute Gasteiger partial charge is 0.492 e. The first-order valence-electron chi connectivity index (χ1n) is 8.95. The number of hydrogen-bond acceptors (Lipinski definition) is 4. The molecule has 3 rings (SSSR count). The summed E-state index contributed by atoms with van der Waals surface area (Å²) >= 11 is 0. The summed E-state index contributed by atoms with van der Waals surface area (Å²) in [6, 6.07) is 10.4. The van der Waals surface area contributed by atoms with Gasteiger partial charge in [-0.2, -0.15) is 5.26 Å². The smallest absolute Gasteiger partial charge is 0.137 e. The van der Waals surface area contributed by atoms with Crippen molar-refractivity contribution in [1.29, 1.82) is 5.26 Å². The summed E-state index contributed by atoms with van der Waals surface area (Å²) in [5.74, 6) is 0.714. The van der Waals surface area contributed by atoms with Crippen LogP contribution in [0.15, 0.2) is 24.3 Å². The van der Waals surface area contributed by atoms with Crippen LogP contribution in [-0.2, 0) is 0 Å². The Morgan fingerprint density at radius 1 is 1.13 bits per heavy atom. The third kappa shape index (κ3) is 4.46. The molecule has 2 fully saturated rings. The van der Waals surface area contributed by atoms with E-state index in [9.17, 15) is 0 Å². The number of ether oxygens (including phenoxy) is 1. The molecule has 124 valence electrons. The highest BCUT2D eigenvalue weighted by Crippen LogP contribution is 2.21. The number of nitrogens with zero attached hydrogens (tertiary/aromatic N) is 3. The molecule has 2 aliphatic rings. The van der Waals surface area contributed by atoms with Crippen LogP contribution in [0.25, 0.3) is 0 Å². The number of nitriles is 1. The Morgan fingerprint density at radius 2 is 2.04 bits per heavy atom. The van der Waals surface area contributed by atoms with Crippen molar-refractivity contribution in [3.05, 3.63) is 29.8 Å². The van der Waals surface area contributed by atoms with Gasteiger partial charge in [0, 0.05) is 25.7 Å². The minimum Gasteiger partial charge on any atom is -0.492 e. The van der Waals surface area contributed by atoms with Crippen LogP contribution in [-0.4, -0.2) is 55.2 Å². The molecular formula is C19H27N3O. The van der Waals surface area contributed by atoms with Gasteiger partial charge in [0.05, 0.1) is 12.2 Å². The van der Waals surface area contributed by atoms with Crippen molar-refractivity contribution >= 4 is 0 Å². The zero-order valence-electron chi connectivity index (χ0n) is 13.9. The van der Waals surface area contributed by atoms with Crippen LogP contribution in [0.1, 0.15) is 37.7 Å². The Labute approximate surface area is 139 Å². The van der Waals surface area contributed by atoms with Crippen LogP contribution in [0, 0.1) is 11.3 Å². The Kier molecular flexibility index (Phi) is 5.90. The predicted octanol–water partition coefficient (Wildman–Crippen LogP) is 2.89. The van der Waals surface area contributed by atoms with Gasteiger partial charge >= 0.3 is 0 Å². The molecule has 0 bridgehead atoms. The van der Waals surface area contributed by atoms with E-state index in [1.165, 1.54) is 58.4 Å². The molecule has 0 aliphatic carbocycles. The van der Waals surface area contributed by atoms with E-state index in [1.807, 2.05) is 18.2 Å². The van der Waals surface area contributed by atoms with Gasteiger partial charge in [0.1, 0.15) is 11.8 Å². The summed E-state index contributed by atoms with van der Waals surface area (Å²) < 4.78 is 5.75. The number of piperidine rings is 1. The SMILES string of the molecule is N#Cc1ccccc1OCCCCN1CCN2CCCCC2C1. The molecule has 0 spiro atoms. The van der Waals surface area contributed by atoms with Crippen molar-refractivity contribution in [2.45, 2.75) is 38.1 Å². The second kappa shape index (κ2) is 8.33. The van der Waals surface area contributed by atoms with E-state index in [-0.39, 0.29) is 0 Å². The molecule has 2 saturated heterocycles. The van der Waals surface area contributed by atoms with E-state index in [0.29, 0.717) is 17.9 Å². The Hall–Kier alpha value is -1.57. The minimum atomic E-state index is 0.626. The topological polar surface area (TPSA) is 39.5 Å². The normalized spacial score (nSPS) is 22.3. The second-order valence-electron chi connectivity index (χ2n) is 6.65. The number of benzene rings is 1. The van der Waals surface area contributed by atoms with E-state index in [0.717, 1.165) is 12.5 Å². The lowest BCUT2D eigenvalue weighted by Crippen LogP contribution is -2.54. The average molecular weight is 313 g/mol. The zero-order chi connectivity index (χ0) is 15.9. The van der Waals surface area contributed by atoms with Crippen LogP contribution >= 0.6 is 0 Å². The van der Waals surface area contributed by atoms with Gasteiger partial charge in [0.2, 0.25) is 0 Å². The number of fused-ring (bicyclic) bond motifs is 1. The summed E-state index contributed by atoms with van der Waals surface area (Å²) in [6.07, 6.45) is 6.38. The van der Waals surface area contributed by atoms with E-state index >= 15 is 0 Å². The third-order valence-corrected chi connectivity index (χ3v) is 5.06. The molecule has 0 radical (unpaired) electrons. The lowest BCUT2D eigenvalue weighted by atomic mass is 9.99. The van der Waals surface area contributed by atoms with Gasteiger partial charge in [-0.15, -0.1) is 0 Å². The molecular weight excluding hydrogens is 286 g/mol. The number of unbranched alkanes of at least 4 members (excludes halogenated alkanes) is 1. The maximum absolute atomic E-state index is 9.05. The fourth-order valence-corrected chi connectivity index (χ4v) is 3.73. The van der Waals surface area contributed by atoms with Crippen LogP contribution in [0.5, 0.6) is 5.75 Å². The summed E-state index contributed by atoms with van der Waals surface area (Å²) in [5.41, 5.74) is 0.626. The zero-order valence-corrected chi connectivity index (χ0v) is 13.9. The quantitative estimate of drug-likeness (QED) is 0.757. The van der Waals surface area contributed by atoms with Crippen molar-refractivity contribution in [1.82, 2.24) is 9.80 Å². The fourth-order valence-electron chi connectivity index (χ4n) is 3.73. The van der Waals surface area contributed by atoms with Gasteiger partial charge in [-0.1, -0.05) is 18.6 Å². The lowest BCUT2D eigenvalue weighted by molar-refractivity contribution is 0.0482. The van der Waals surface area contributed by atoms with E-state index in [4.69, 9.17) is 10.00 Å². The first-order chi connectivity index (χ1) is 11.4. The summed E-state index contributed by atoms with van der Waals surface area (Å²) in [6.45, 7) is 6.89. The Bertz CT molecular complexity index is 540. The molecule has 2 aliphatic heterocycles. The van der Waals surface area contributed by atoms with Crippen LogP contribution in [0.2, 0.25) is 0 Å². The molecule has 1 atom stereocenters. The molecule has 0 aromatic heterocycles. The summed E-state index contributed by atoms with van der Waals surface area (Å²) in [7, 11) is 0. The van der Waals surface area contributed by atoms with E-state index in [2.05, 4.69) is 15.9 Å². The van der Waals surface area contributed by atoms with E-state index in [1.54, 1.807) is 6.07 Å². The number of rotatable bonds is 6. The fraction of sp³-hybridized carbons (Fsp3) is 0.632. The standard InChI is InChI=1S/C19H27N3O/c20-15-17-7-1-2-9-19(17)23-14-6-5-10-21-12-13-22-11-4-3-8-18(22)16-21/h1-2,7,9,18H,3-6,8,10-14,16H2. The highest BCUT2D eigenvalue weighted by Gasteiger charge is 2.28. The molecule has 1 aromatic rings. The molecule has 4 heteroatoms. The minimum absolute atomic E-state index is 0.626. The van der Waals surface area contributed by atoms with Crippen molar-refractivity contribution in [2.75, 3.05) is 39.3 Å². The van der Waals surface area contributed by atoms with Gasteiger partial charge in [-0.05, 0) is 50.9 Å². The van der Waals surface area contributed by atoms with Gasteiger partial charge in [-0.25, -0.2) is 0 Å². The Balaban J connectivity index is 1.33. The van der Waals surface area contributed by atoms with Crippen LogP contribution in [0.3, 0.4) is 0 Å². The Morgan fingerprint density at radius 3 is 2.96 bits per heavy atom. The highest BCUT2D eigenvalue weighted by molar-refractivity contribution is 5.42. The van der Waals surface area contributed by atoms with Gasteiger partial charge in [0.15, 0.2) is 0 Å². The maximum atomic E-state index is 9.05. The number of hydrogen-bond donors (Lipinski definition) is 0. The lowest BCUT2D eigenvalue weighted by Gasteiger charge is -2.44. The van der Waals surface area contributed by atoms with Crippen molar-refractivity contribution < 1.29 is 4.74 Å².